The van der Waals surface area contributed by atoms with Crippen LogP contribution in [-0.2, 0) is 12.8 Å². The van der Waals surface area contributed by atoms with Crippen molar-refractivity contribution in [2.24, 2.45) is 0 Å². The summed E-state index contributed by atoms with van der Waals surface area (Å²) in [7, 11) is 0. The van der Waals surface area contributed by atoms with Gasteiger partial charge in [-0.1, -0.05) is 74.9 Å². The first-order chi connectivity index (χ1) is 17.8. The van der Waals surface area contributed by atoms with Crippen molar-refractivity contribution in [3.8, 4) is 28.0 Å². The minimum atomic E-state index is -1.25. The second-order valence-electron chi connectivity index (χ2n) is 8.76. The molecule has 0 heterocycles. The summed E-state index contributed by atoms with van der Waals surface area (Å²) in [5.41, 5.74) is 1.92. The summed E-state index contributed by atoms with van der Waals surface area (Å²) in [6, 6.07) is 18.5. The van der Waals surface area contributed by atoms with E-state index in [0.717, 1.165) is 18.4 Å². The number of aryl methyl sites for hydroxylation is 2. The molecule has 2 nitrogen and oxygen atoms in total. The van der Waals surface area contributed by atoms with E-state index >= 15 is 0 Å². The Kier molecular flexibility index (Phi) is 8.07. The Morgan fingerprint density at radius 1 is 0.676 bits per heavy atom. The van der Waals surface area contributed by atoms with Gasteiger partial charge in [-0.2, -0.15) is 0 Å². The van der Waals surface area contributed by atoms with E-state index in [1.807, 2.05) is 26.0 Å². The molecule has 0 aromatic heterocycles. The lowest BCUT2D eigenvalue weighted by Gasteiger charge is -2.11. The molecule has 4 aromatic rings. The third-order valence-corrected chi connectivity index (χ3v) is 6.31. The Morgan fingerprint density at radius 3 is 1.78 bits per heavy atom. The molecular formula is C31H26F4O2. The third-order valence-electron chi connectivity index (χ3n) is 6.31. The molecular weight excluding hydrogens is 480 g/mol. The van der Waals surface area contributed by atoms with Crippen LogP contribution in [0.5, 0.6) is 5.75 Å². The highest BCUT2D eigenvalue weighted by molar-refractivity contribution is 5.91. The van der Waals surface area contributed by atoms with Gasteiger partial charge in [0.2, 0.25) is 0 Å². The predicted molar refractivity (Wildman–Crippen MR) is 137 cm³/mol. The van der Waals surface area contributed by atoms with Crippen LogP contribution in [0.4, 0.5) is 17.6 Å². The number of hydrogen-bond acceptors (Lipinski definition) is 2. The van der Waals surface area contributed by atoms with Gasteiger partial charge in [-0.3, -0.25) is 0 Å². The molecule has 0 radical (unpaired) electrons. The Morgan fingerprint density at radius 2 is 1.24 bits per heavy atom. The summed E-state index contributed by atoms with van der Waals surface area (Å²) < 4.78 is 63.8. The molecule has 0 unspecified atom stereocenters. The van der Waals surface area contributed by atoms with Gasteiger partial charge in [0.1, 0.15) is 5.75 Å². The van der Waals surface area contributed by atoms with E-state index in [4.69, 9.17) is 4.74 Å². The second kappa shape index (κ2) is 11.4. The summed E-state index contributed by atoms with van der Waals surface area (Å²) in [4.78, 5) is 12.4. The van der Waals surface area contributed by atoms with E-state index < -0.39 is 34.8 Å². The Bertz CT molecular complexity index is 1410. The van der Waals surface area contributed by atoms with E-state index in [9.17, 15) is 22.4 Å². The van der Waals surface area contributed by atoms with Crippen molar-refractivity contribution in [1.82, 2.24) is 0 Å². The van der Waals surface area contributed by atoms with Crippen LogP contribution in [0.3, 0.4) is 0 Å². The quantitative estimate of drug-likeness (QED) is 0.136. The topological polar surface area (TPSA) is 26.3 Å². The molecule has 0 spiro atoms. The predicted octanol–water partition coefficient (Wildman–Crippen LogP) is 8.70. The largest absolute Gasteiger partial charge is 0.423 e. The molecule has 6 heteroatoms. The zero-order valence-corrected chi connectivity index (χ0v) is 20.6. The first-order valence-corrected chi connectivity index (χ1v) is 12.2. The highest BCUT2D eigenvalue weighted by Crippen LogP contribution is 2.32. The fourth-order valence-corrected chi connectivity index (χ4v) is 4.09. The molecule has 0 atom stereocenters. The fourth-order valence-electron chi connectivity index (χ4n) is 4.09. The van der Waals surface area contributed by atoms with Gasteiger partial charge >= 0.3 is 5.97 Å². The second-order valence-corrected chi connectivity index (χ2v) is 8.76. The molecule has 190 valence electrons. The highest BCUT2D eigenvalue weighted by atomic mass is 19.2. The van der Waals surface area contributed by atoms with Crippen molar-refractivity contribution in [3.05, 3.63) is 113 Å². The van der Waals surface area contributed by atoms with Crippen LogP contribution < -0.4 is 4.74 Å². The molecule has 0 saturated heterocycles. The van der Waals surface area contributed by atoms with Gasteiger partial charge in [0, 0.05) is 11.1 Å². The molecule has 4 aromatic carbocycles. The monoisotopic (exact) mass is 506 g/mol. The number of halogens is 4. The normalized spacial score (nSPS) is 11.0. The number of carbonyl (C=O) groups excluding carboxylic acids is 1. The molecule has 0 amide bonds. The number of hydrogen-bond donors (Lipinski definition) is 0. The van der Waals surface area contributed by atoms with E-state index in [-0.39, 0.29) is 22.4 Å². The molecule has 0 fully saturated rings. The summed E-state index contributed by atoms with van der Waals surface area (Å²) >= 11 is 0. The van der Waals surface area contributed by atoms with Crippen LogP contribution in [0.25, 0.3) is 22.3 Å². The van der Waals surface area contributed by atoms with Gasteiger partial charge in [0.25, 0.3) is 0 Å². The molecule has 0 aliphatic heterocycles. The Hall–Kier alpha value is -3.93. The first kappa shape index (κ1) is 26.1. The zero-order valence-electron chi connectivity index (χ0n) is 20.6. The molecule has 0 bridgehead atoms. The summed E-state index contributed by atoms with van der Waals surface area (Å²) in [5.74, 6) is -5.27. The van der Waals surface area contributed by atoms with Crippen LogP contribution in [0, 0.1) is 23.3 Å². The van der Waals surface area contributed by atoms with Crippen molar-refractivity contribution in [2.45, 2.75) is 39.5 Å². The highest BCUT2D eigenvalue weighted by Gasteiger charge is 2.21. The van der Waals surface area contributed by atoms with Gasteiger partial charge in [-0.25, -0.2) is 22.4 Å². The van der Waals surface area contributed by atoms with Crippen LogP contribution in [0.15, 0.2) is 72.8 Å². The molecule has 37 heavy (non-hydrogen) atoms. The summed E-state index contributed by atoms with van der Waals surface area (Å²) in [6.07, 6.45) is 2.75. The van der Waals surface area contributed by atoms with E-state index in [1.165, 1.54) is 48.5 Å². The van der Waals surface area contributed by atoms with Crippen molar-refractivity contribution in [3.63, 3.8) is 0 Å². The fraction of sp³-hybridized carbons (Fsp3) is 0.194. The number of rotatable bonds is 8. The lowest BCUT2D eigenvalue weighted by Crippen LogP contribution is -2.13. The van der Waals surface area contributed by atoms with Crippen molar-refractivity contribution < 1.29 is 27.1 Å². The molecule has 0 aliphatic carbocycles. The average molecular weight is 507 g/mol. The van der Waals surface area contributed by atoms with Crippen molar-refractivity contribution >= 4 is 5.97 Å². The SMILES string of the molecule is CCCCc1ccc(C(=O)Oc2ccc(-c3ccc(-c4ccc(CC)cc4)c(F)c3F)cc2)c(F)c1F. The zero-order chi connectivity index (χ0) is 26.5. The maximum atomic E-state index is 15.0. The number of unbranched alkanes of at least 4 members (excludes halogenated alkanes) is 1. The van der Waals surface area contributed by atoms with Crippen molar-refractivity contribution in [2.75, 3.05) is 0 Å². The van der Waals surface area contributed by atoms with E-state index in [0.29, 0.717) is 24.0 Å². The number of carbonyl (C=O) groups is 1. The summed E-state index contributed by atoms with van der Waals surface area (Å²) in [5, 5.41) is 0. The van der Waals surface area contributed by atoms with Crippen LogP contribution in [-0.4, -0.2) is 5.97 Å². The number of ether oxygens (including phenoxy) is 1. The smallest absolute Gasteiger partial charge is 0.346 e. The third kappa shape index (κ3) is 5.58. The first-order valence-electron chi connectivity index (χ1n) is 12.2. The van der Waals surface area contributed by atoms with Crippen LogP contribution in [0.1, 0.15) is 48.2 Å². The molecule has 0 saturated carbocycles. The van der Waals surface area contributed by atoms with E-state index in [1.54, 1.807) is 12.1 Å². The van der Waals surface area contributed by atoms with Gasteiger partial charge in [-0.05, 0) is 59.7 Å². The lowest BCUT2D eigenvalue weighted by atomic mass is 9.98. The van der Waals surface area contributed by atoms with Gasteiger partial charge in [0.05, 0.1) is 5.56 Å². The molecule has 4 rings (SSSR count). The Balaban J connectivity index is 1.52. The van der Waals surface area contributed by atoms with Gasteiger partial charge in [-0.15, -0.1) is 0 Å². The number of esters is 1. The van der Waals surface area contributed by atoms with Crippen LogP contribution >= 0.6 is 0 Å². The minimum Gasteiger partial charge on any atom is -0.423 e. The molecule has 0 N–H and O–H groups in total. The van der Waals surface area contributed by atoms with E-state index in [2.05, 4.69) is 0 Å². The maximum Gasteiger partial charge on any atom is 0.346 e. The minimum absolute atomic E-state index is 0.0417. The number of benzene rings is 4. The van der Waals surface area contributed by atoms with Crippen LogP contribution in [0.2, 0.25) is 0 Å². The van der Waals surface area contributed by atoms with Gasteiger partial charge < -0.3 is 4.74 Å². The van der Waals surface area contributed by atoms with Gasteiger partial charge in [0.15, 0.2) is 23.3 Å². The standard InChI is InChI=1S/C31H26F4O2/c1-3-5-6-22-13-16-26(30(35)27(22)32)31(36)37-23-14-11-21(12-15-23)25-18-17-24(28(33)29(25)34)20-9-7-19(4-2)8-10-20/h7-18H,3-6H2,1-2H3. The maximum absolute atomic E-state index is 15.0. The molecule has 0 aliphatic rings. The average Bonchev–Trinajstić information content (AvgIpc) is 2.91. The lowest BCUT2D eigenvalue weighted by molar-refractivity contribution is 0.0728. The van der Waals surface area contributed by atoms with Crippen molar-refractivity contribution in [1.29, 1.82) is 0 Å². The summed E-state index contributed by atoms with van der Waals surface area (Å²) in [6.45, 7) is 3.96. The Labute approximate surface area is 213 Å².